The van der Waals surface area contributed by atoms with Crippen molar-refractivity contribution in [3.05, 3.63) is 71.3 Å². The molecule has 0 saturated carbocycles. The Balaban J connectivity index is 1.89. The van der Waals surface area contributed by atoms with Crippen molar-refractivity contribution in [2.75, 3.05) is 0 Å². The molecule has 6 unspecified atom stereocenters. The number of benzene rings is 2. The lowest BCUT2D eigenvalue weighted by molar-refractivity contribution is -0.286. The van der Waals surface area contributed by atoms with Gasteiger partial charge in [0.15, 0.2) is 11.9 Å². The summed E-state index contributed by atoms with van der Waals surface area (Å²) in [6.45, 7) is -2.96. The van der Waals surface area contributed by atoms with E-state index in [1.165, 1.54) is 24.3 Å². The van der Waals surface area contributed by atoms with Gasteiger partial charge in [-0.3, -0.25) is 9.59 Å². The number of carboxylic acids is 1. The van der Waals surface area contributed by atoms with Crippen molar-refractivity contribution < 1.29 is 48.4 Å². The highest BCUT2D eigenvalue weighted by Crippen LogP contribution is 2.26. The minimum atomic E-state index is -2.96. The van der Waals surface area contributed by atoms with Crippen LogP contribution in [0.5, 0.6) is 0 Å². The third-order valence-corrected chi connectivity index (χ3v) is 4.80. The summed E-state index contributed by atoms with van der Waals surface area (Å²) in [4.78, 5) is 36.9. The molecule has 0 bridgehead atoms. The van der Waals surface area contributed by atoms with Crippen LogP contribution in [0.4, 0.5) is 0 Å². The Kier molecular flexibility index (Phi) is 5.63. The Bertz CT molecular complexity index is 1060. The SMILES string of the molecule is [2H][13C]([2H])([2H])C(C(=O)OC1OC(C(=O)O)C(O)C(O)C1O)c1cccc(C(=O)c2ccccc2)c1. The molecule has 4 N–H and O–H groups in total. The van der Waals surface area contributed by atoms with E-state index in [1.54, 1.807) is 30.3 Å². The molecule has 1 aliphatic heterocycles. The Morgan fingerprint density at radius 2 is 1.65 bits per heavy atom. The number of ketones is 1. The number of hydrogen-bond acceptors (Lipinski definition) is 8. The summed E-state index contributed by atoms with van der Waals surface area (Å²) in [5, 5.41) is 38.8. The number of carboxylic acid groups (broad SMARTS) is 1. The molecular formula is C22H22O9. The van der Waals surface area contributed by atoms with E-state index < -0.39 is 61.2 Å². The molecular weight excluding hydrogens is 409 g/mol. The van der Waals surface area contributed by atoms with Gasteiger partial charge in [0.05, 0.1) is 5.92 Å². The highest BCUT2D eigenvalue weighted by atomic mass is 16.7. The summed E-state index contributed by atoms with van der Waals surface area (Å²) in [7, 11) is 0. The van der Waals surface area contributed by atoms with E-state index in [2.05, 4.69) is 0 Å². The molecule has 1 fully saturated rings. The fourth-order valence-corrected chi connectivity index (χ4v) is 3.08. The Morgan fingerprint density at radius 1 is 0.968 bits per heavy atom. The maximum atomic E-state index is 12.9. The van der Waals surface area contributed by atoms with Crippen LogP contribution in [0, 0.1) is 0 Å². The molecule has 0 spiro atoms. The van der Waals surface area contributed by atoms with Crippen LogP contribution in [-0.4, -0.2) is 68.9 Å². The number of carbonyl (C=O) groups is 3. The van der Waals surface area contributed by atoms with Gasteiger partial charge in [-0.1, -0.05) is 48.5 Å². The van der Waals surface area contributed by atoms with Gasteiger partial charge in [-0.2, -0.15) is 0 Å². The minimum Gasteiger partial charge on any atom is -0.479 e. The predicted molar refractivity (Wildman–Crippen MR) is 105 cm³/mol. The van der Waals surface area contributed by atoms with Crippen LogP contribution < -0.4 is 0 Å². The first-order valence-electron chi connectivity index (χ1n) is 10.7. The second kappa shape index (κ2) is 9.36. The van der Waals surface area contributed by atoms with E-state index in [1.807, 2.05) is 0 Å². The topological polar surface area (TPSA) is 151 Å². The van der Waals surface area contributed by atoms with Gasteiger partial charge in [-0.05, 0) is 18.5 Å². The highest BCUT2D eigenvalue weighted by Gasteiger charge is 2.48. The molecule has 1 aliphatic rings. The van der Waals surface area contributed by atoms with Crippen LogP contribution in [0.15, 0.2) is 54.6 Å². The molecule has 0 amide bonds. The van der Waals surface area contributed by atoms with Crippen molar-refractivity contribution in [3.8, 4) is 0 Å². The van der Waals surface area contributed by atoms with Gasteiger partial charge >= 0.3 is 11.9 Å². The van der Waals surface area contributed by atoms with E-state index in [0.29, 0.717) is 5.56 Å². The monoisotopic (exact) mass is 434 g/mol. The highest BCUT2D eigenvalue weighted by molar-refractivity contribution is 6.09. The van der Waals surface area contributed by atoms with Crippen molar-refractivity contribution in [2.45, 2.75) is 43.5 Å². The third kappa shape index (κ3) is 4.80. The lowest BCUT2D eigenvalue weighted by Gasteiger charge is -2.38. The van der Waals surface area contributed by atoms with Crippen LogP contribution in [0.3, 0.4) is 0 Å². The number of aliphatic hydroxyl groups excluding tert-OH is 3. The van der Waals surface area contributed by atoms with Crippen LogP contribution >= 0.6 is 0 Å². The number of hydrogen-bond donors (Lipinski definition) is 4. The largest absolute Gasteiger partial charge is 0.479 e. The minimum absolute atomic E-state index is 0.0903. The van der Waals surface area contributed by atoms with Gasteiger partial charge in [-0.25, -0.2) is 4.79 Å². The molecule has 0 aliphatic carbocycles. The Labute approximate surface area is 181 Å². The summed E-state index contributed by atoms with van der Waals surface area (Å²) < 4.78 is 33.3. The fourth-order valence-electron chi connectivity index (χ4n) is 3.08. The van der Waals surface area contributed by atoms with Gasteiger partial charge in [-0.15, -0.1) is 0 Å². The predicted octanol–water partition coefficient (Wildman–Crippen LogP) is 0.456. The second-order valence-electron chi connectivity index (χ2n) is 6.93. The molecule has 9 nitrogen and oxygen atoms in total. The van der Waals surface area contributed by atoms with Crippen molar-refractivity contribution in [1.82, 2.24) is 0 Å². The van der Waals surface area contributed by atoms with Crippen LogP contribution in [0.25, 0.3) is 0 Å². The Hall–Kier alpha value is -3.11. The van der Waals surface area contributed by atoms with Crippen LogP contribution in [0.1, 0.15) is 38.4 Å². The zero-order valence-electron chi connectivity index (χ0n) is 19.0. The van der Waals surface area contributed by atoms with E-state index in [-0.39, 0.29) is 11.1 Å². The van der Waals surface area contributed by atoms with E-state index in [0.717, 1.165) is 0 Å². The average molecular weight is 434 g/mol. The molecule has 1 saturated heterocycles. The first kappa shape index (κ1) is 18.6. The number of aliphatic carboxylic acids is 1. The molecule has 0 aromatic heterocycles. The molecule has 2 aromatic carbocycles. The molecule has 3 rings (SSSR count). The summed E-state index contributed by atoms with van der Waals surface area (Å²) in [6.07, 6.45) is -10.2. The number of esters is 1. The van der Waals surface area contributed by atoms with Crippen molar-refractivity contribution in [2.24, 2.45) is 0 Å². The third-order valence-electron chi connectivity index (χ3n) is 4.80. The number of carbonyl (C=O) groups excluding carboxylic acids is 2. The van der Waals surface area contributed by atoms with Crippen molar-refractivity contribution >= 4 is 17.7 Å². The number of aliphatic hydroxyl groups is 3. The second-order valence-corrected chi connectivity index (χ2v) is 6.93. The smallest absolute Gasteiger partial charge is 0.335 e. The zero-order valence-corrected chi connectivity index (χ0v) is 16.0. The van der Waals surface area contributed by atoms with Crippen molar-refractivity contribution in [3.63, 3.8) is 0 Å². The fraction of sp³-hybridized carbons (Fsp3) is 0.318. The quantitative estimate of drug-likeness (QED) is 0.289. The molecule has 9 heteroatoms. The van der Waals surface area contributed by atoms with E-state index in [4.69, 9.17) is 18.7 Å². The van der Waals surface area contributed by atoms with Gasteiger partial charge < -0.3 is 29.9 Å². The summed E-state index contributed by atoms with van der Waals surface area (Å²) in [6, 6.07) is 13.6. The molecule has 0 radical (unpaired) electrons. The maximum absolute atomic E-state index is 12.9. The normalized spacial score (nSPS) is 28.5. The molecule has 1 heterocycles. The standard InChI is InChI=1S/C22H22O9/c1-11(13-8-5-9-14(10-13)15(23)12-6-3-2-4-7-12)21(29)31-22-18(26)16(24)17(25)19(30-22)20(27)28/h2-11,16-19,22,24-26H,1H3,(H,27,28)/i1+1D3. The average Bonchev–Trinajstić information content (AvgIpc) is 2.78. The van der Waals surface area contributed by atoms with Crippen molar-refractivity contribution in [1.29, 1.82) is 0 Å². The molecule has 31 heavy (non-hydrogen) atoms. The summed E-state index contributed by atoms with van der Waals surface area (Å²) in [5.74, 6) is -5.45. The summed E-state index contributed by atoms with van der Waals surface area (Å²) in [5.41, 5.74) is 0.371. The van der Waals surface area contributed by atoms with E-state index >= 15 is 0 Å². The Morgan fingerprint density at radius 3 is 2.29 bits per heavy atom. The van der Waals surface area contributed by atoms with Crippen LogP contribution in [-0.2, 0) is 19.1 Å². The summed E-state index contributed by atoms with van der Waals surface area (Å²) >= 11 is 0. The molecule has 6 atom stereocenters. The molecule has 2 aromatic rings. The molecule has 164 valence electrons. The van der Waals surface area contributed by atoms with Gasteiger partial charge in [0.2, 0.25) is 6.29 Å². The number of rotatable bonds is 6. The first-order valence-corrected chi connectivity index (χ1v) is 9.24. The zero-order chi connectivity index (χ0) is 25.2. The first-order chi connectivity index (χ1) is 15.9. The van der Waals surface area contributed by atoms with Gasteiger partial charge in [0.25, 0.3) is 0 Å². The van der Waals surface area contributed by atoms with E-state index in [9.17, 15) is 29.7 Å². The van der Waals surface area contributed by atoms with Crippen LogP contribution in [0.2, 0.25) is 0 Å². The maximum Gasteiger partial charge on any atom is 0.335 e. The lowest BCUT2D eigenvalue weighted by atomic mass is 9.97. The number of ether oxygens (including phenoxy) is 2. The van der Waals surface area contributed by atoms with Gasteiger partial charge in [0, 0.05) is 15.2 Å². The van der Waals surface area contributed by atoms with Gasteiger partial charge in [0.1, 0.15) is 18.3 Å². The lowest BCUT2D eigenvalue weighted by Crippen LogP contribution is -2.60.